The first-order valence-electron chi connectivity index (χ1n) is 6.01. The van der Waals surface area contributed by atoms with Crippen LogP contribution < -0.4 is 0 Å². The molecule has 0 bridgehead atoms. The number of alkyl halides is 4. The van der Waals surface area contributed by atoms with E-state index in [1.165, 1.54) is 0 Å². The summed E-state index contributed by atoms with van der Waals surface area (Å²) in [5.74, 6) is 1.11. The van der Waals surface area contributed by atoms with E-state index in [0.717, 1.165) is 11.3 Å². The lowest BCUT2D eigenvalue weighted by molar-refractivity contribution is -0.174. The Morgan fingerprint density at radius 3 is 2.85 bits per heavy atom. The molecule has 0 saturated heterocycles. The minimum absolute atomic E-state index is 0.0391. The number of fused-ring (bicyclic) bond motifs is 1. The Kier molecular flexibility index (Phi) is 4.82. The molecule has 2 rings (SSSR count). The summed E-state index contributed by atoms with van der Waals surface area (Å²) in [5, 5.41) is 0. The van der Waals surface area contributed by atoms with Gasteiger partial charge < -0.3 is 9.30 Å². The first-order chi connectivity index (χ1) is 9.51. The molecule has 0 unspecified atom stereocenters. The molecule has 20 heavy (non-hydrogen) atoms. The maximum atomic E-state index is 12.0. The zero-order chi connectivity index (χ0) is 14.6. The third kappa shape index (κ3) is 3.83. The van der Waals surface area contributed by atoms with Gasteiger partial charge in [-0.2, -0.15) is 13.2 Å². The standard InChI is InChI=1S/C12H13ClF3N3O/c13-3-1-11-18-9-7-17-4-2-10(9)19(11)5-6-20-8-12(14,15)16/h2,4,7H,1,3,5-6,8H2. The fourth-order valence-corrected chi connectivity index (χ4v) is 2.07. The monoisotopic (exact) mass is 307 g/mol. The number of rotatable bonds is 6. The van der Waals surface area contributed by atoms with E-state index in [1.807, 2.05) is 4.57 Å². The van der Waals surface area contributed by atoms with Crippen molar-refractivity contribution >= 4 is 22.6 Å². The average Bonchev–Trinajstić information content (AvgIpc) is 2.72. The van der Waals surface area contributed by atoms with Gasteiger partial charge >= 0.3 is 6.18 Å². The lowest BCUT2D eigenvalue weighted by Crippen LogP contribution is -2.19. The molecule has 0 radical (unpaired) electrons. The Bertz CT molecular complexity index is 571. The Morgan fingerprint density at radius 1 is 1.35 bits per heavy atom. The van der Waals surface area contributed by atoms with Crippen LogP contribution in [0.25, 0.3) is 11.0 Å². The van der Waals surface area contributed by atoms with Crippen LogP contribution in [0.15, 0.2) is 18.5 Å². The summed E-state index contributed by atoms with van der Waals surface area (Å²) < 4.78 is 42.5. The molecule has 0 spiro atoms. The molecule has 8 heteroatoms. The first-order valence-corrected chi connectivity index (χ1v) is 6.54. The Balaban J connectivity index is 2.09. The lowest BCUT2D eigenvalue weighted by atomic mass is 10.4. The molecule has 110 valence electrons. The summed E-state index contributed by atoms with van der Waals surface area (Å²) in [7, 11) is 0. The first kappa shape index (κ1) is 15.1. The second-order valence-electron chi connectivity index (χ2n) is 4.15. The van der Waals surface area contributed by atoms with Crippen LogP contribution in [-0.2, 0) is 17.7 Å². The number of ether oxygens (including phenoxy) is 1. The van der Waals surface area contributed by atoms with E-state index < -0.39 is 12.8 Å². The molecule has 0 N–H and O–H groups in total. The summed E-state index contributed by atoms with van der Waals surface area (Å²) in [6, 6.07) is 1.77. The van der Waals surface area contributed by atoms with Gasteiger partial charge in [-0.05, 0) is 6.07 Å². The van der Waals surface area contributed by atoms with Crippen molar-refractivity contribution in [3.63, 3.8) is 0 Å². The Labute approximate surface area is 118 Å². The quantitative estimate of drug-likeness (QED) is 0.608. The number of aryl methyl sites for hydroxylation is 1. The van der Waals surface area contributed by atoms with Crippen molar-refractivity contribution in [3.8, 4) is 0 Å². The van der Waals surface area contributed by atoms with Gasteiger partial charge in [0.1, 0.15) is 17.9 Å². The molecule has 2 aromatic heterocycles. The third-order valence-corrected chi connectivity index (χ3v) is 2.86. The lowest BCUT2D eigenvalue weighted by Gasteiger charge is -2.10. The molecule has 0 fully saturated rings. The van der Waals surface area contributed by atoms with E-state index in [4.69, 9.17) is 11.6 Å². The van der Waals surface area contributed by atoms with Crippen LogP contribution in [0.5, 0.6) is 0 Å². The van der Waals surface area contributed by atoms with Gasteiger partial charge in [-0.1, -0.05) is 0 Å². The summed E-state index contributed by atoms with van der Waals surface area (Å²) in [5.41, 5.74) is 1.51. The van der Waals surface area contributed by atoms with Crippen LogP contribution in [0, 0.1) is 0 Å². The van der Waals surface area contributed by atoms with Gasteiger partial charge in [0.25, 0.3) is 0 Å². The van der Waals surface area contributed by atoms with E-state index in [-0.39, 0.29) is 6.61 Å². The Hall–Kier alpha value is -1.34. The second-order valence-corrected chi connectivity index (χ2v) is 4.53. The zero-order valence-electron chi connectivity index (χ0n) is 10.5. The minimum Gasteiger partial charge on any atom is -0.370 e. The van der Waals surface area contributed by atoms with Crippen molar-refractivity contribution in [2.75, 3.05) is 19.1 Å². The molecule has 0 atom stereocenters. The van der Waals surface area contributed by atoms with Crippen molar-refractivity contribution in [2.45, 2.75) is 19.1 Å². The topological polar surface area (TPSA) is 39.9 Å². The van der Waals surface area contributed by atoms with Crippen LogP contribution in [-0.4, -0.2) is 39.8 Å². The second kappa shape index (κ2) is 6.41. The predicted octanol–water partition coefficient (Wildman–Crippen LogP) is 2.79. The molecule has 0 aliphatic rings. The summed E-state index contributed by atoms with van der Waals surface area (Å²) >= 11 is 5.71. The average molecular weight is 308 g/mol. The van der Waals surface area contributed by atoms with E-state index in [1.54, 1.807) is 18.5 Å². The summed E-state index contributed by atoms with van der Waals surface area (Å²) in [6.45, 7) is -0.989. The highest BCUT2D eigenvalue weighted by Crippen LogP contribution is 2.17. The highest BCUT2D eigenvalue weighted by molar-refractivity contribution is 6.17. The normalized spacial score (nSPS) is 12.2. The summed E-state index contributed by atoms with van der Waals surface area (Å²) in [4.78, 5) is 8.34. The molecule has 0 saturated carbocycles. The van der Waals surface area contributed by atoms with Crippen LogP contribution in [0.1, 0.15) is 5.82 Å². The highest BCUT2D eigenvalue weighted by atomic mass is 35.5. The van der Waals surface area contributed by atoms with Gasteiger partial charge in [0.15, 0.2) is 0 Å². The molecule has 0 aliphatic carbocycles. The number of aromatic nitrogens is 3. The van der Waals surface area contributed by atoms with Gasteiger partial charge in [0.2, 0.25) is 0 Å². The molecule has 2 aromatic rings. The number of nitrogens with zero attached hydrogens (tertiary/aromatic N) is 3. The van der Waals surface area contributed by atoms with Crippen molar-refractivity contribution < 1.29 is 17.9 Å². The van der Waals surface area contributed by atoms with Gasteiger partial charge in [-0.25, -0.2) is 4.98 Å². The molecule has 2 heterocycles. The van der Waals surface area contributed by atoms with E-state index in [0.29, 0.717) is 24.4 Å². The van der Waals surface area contributed by atoms with Crippen LogP contribution in [0.2, 0.25) is 0 Å². The number of imidazole rings is 1. The molecular formula is C12H13ClF3N3O. The molecule has 0 aliphatic heterocycles. The molecule has 0 aromatic carbocycles. The van der Waals surface area contributed by atoms with Crippen LogP contribution in [0.3, 0.4) is 0 Å². The SMILES string of the molecule is FC(F)(F)COCCn1c(CCCl)nc2cnccc21. The minimum atomic E-state index is -4.31. The maximum Gasteiger partial charge on any atom is 0.411 e. The number of halogens is 4. The smallest absolute Gasteiger partial charge is 0.370 e. The van der Waals surface area contributed by atoms with E-state index in [9.17, 15) is 13.2 Å². The third-order valence-electron chi connectivity index (χ3n) is 2.67. The van der Waals surface area contributed by atoms with Gasteiger partial charge in [0, 0.05) is 25.0 Å². The predicted molar refractivity (Wildman–Crippen MR) is 68.8 cm³/mol. The van der Waals surface area contributed by atoms with Gasteiger partial charge in [-0.15, -0.1) is 11.6 Å². The fourth-order valence-electron chi connectivity index (χ4n) is 1.90. The summed E-state index contributed by atoms with van der Waals surface area (Å²) in [6.07, 6.45) is -0.545. The number of pyridine rings is 1. The van der Waals surface area contributed by atoms with E-state index in [2.05, 4.69) is 14.7 Å². The van der Waals surface area contributed by atoms with E-state index >= 15 is 0 Å². The highest BCUT2D eigenvalue weighted by Gasteiger charge is 2.27. The van der Waals surface area contributed by atoms with Crippen molar-refractivity contribution in [2.24, 2.45) is 0 Å². The number of hydrogen-bond donors (Lipinski definition) is 0. The largest absolute Gasteiger partial charge is 0.411 e. The van der Waals surface area contributed by atoms with Crippen LogP contribution in [0.4, 0.5) is 13.2 Å². The Morgan fingerprint density at radius 2 is 2.15 bits per heavy atom. The molecule has 0 amide bonds. The van der Waals surface area contributed by atoms with Gasteiger partial charge in [-0.3, -0.25) is 4.98 Å². The zero-order valence-corrected chi connectivity index (χ0v) is 11.3. The van der Waals surface area contributed by atoms with Crippen molar-refractivity contribution in [3.05, 3.63) is 24.3 Å². The van der Waals surface area contributed by atoms with Crippen molar-refractivity contribution in [1.82, 2.24) is 14.5 Å². The number of hydrogen-bond acceptors (Lipinski definition) is 3. The molecule has 4 nitrogen and oxygen atoms in total. The molecular weight excluding hydrogens is 295 g/mol. The van der Waals surface area contributed by atoms with Crippen molar-refractivity contribution in [1.29, 1.82) is 0 Å². The maximum absolute atomic E-state index is 12.0. The van der Waals surface area contributed by atoms with Crippen LogP contribution >= 0.6 is 11.6 Å². The fraction of sp³-hybridized carbons (Fsp3) is 0.500. The van der Waals surface area contributed by atoms with Gasteiger partial charge in [0.05, 0.1) is 18.3 Å².